The zero-order valence-electron chi connectivity index (χ0n) is 14.6. The smallest absolute Gasteiger partial charge is 0.236 e. The first-order valence-electron chi connectivity index (χ1n) is 8.46. The number of benzene rings is 1. The lowest BCUT2D eigenvalue weighted by atomic mass is 10.2. The van der Waals surface area contributed by atoms with Crippen molar-refractivity contribution in [1.29, 1.82) is 0 Å². The lowest BCUT2D eigenvalue weighted by Crippen LogP contribution is -2.25. The van der Waals surface area contributed by atoms with Gasteiger partial charge < -0.3 is 14.2 Å². The molecule has 0 fully saturated rings. The first-order chi connectivity index (χ1) is 13.2. The van der Waals surface area contributed by atoms with Gasteiger partial charge in [0.25, 0.3) is 0 Å². The summed E-state index contributed by atoms with van der Waals surface area (Å²) in [5, 5.41) is 4.81. The van der Waals surface area contributed by atoms with Crippen molar-refractivity contribution < 1.29 is 13.6 Å². The SMILES string of the molecule is Cc1oc(-c2ccccc2)nc1CC(=O)NCc1coc(-c2cccs2)n1. The van der Waals surface area contributed by atoms with E-state index in [2.05, 4.69) is 15.3 Å². The van der Waals surface area contributed by atoms with E-state index in [9.17, 15) is 4.79 Å². The van der Waals surface area contributed by atoms with E-state index in [1.165, 1.54) is 0 Å². The molecule has 0 bridgehead atoms. The van der Waals surface area contributed by atoms with Gasteiger partial charge in [-0.15, -0.1) is 11.3 Å². The Bertz CT molecular complexity index is 1040. The fraction of sp³-hybridized carbons (Fsp3) is 0.150. The molecular weight excluding hydrogens is 362 g/mol. The molecule has 0 radical (unpaired) electrons. The van der Waals surface area contributed by atoms with E-state index in [0.717, 1.165) is 10.4 Å². The van der Waals surface area contributed by atoms with Crippen molar-refractivity contribution in [3.63, 3.8) is 0 Å². The molecule has 4 rings (SSSR count). The summed E-state index contributed by atoms with van der Waals surface area (Å²) in [5.41, 5.74) is 2.19. The van der Waals surface area contributed by atoms with Crippen LogP contribution >= 0.6 is 11.3 Å². The number of nitrogens with one attached hydrogen (secondary N) is 1. The molecule has 0 aliphatic carbocycles. The highest BCUT2D eigenvalue weighted by Gasteiger charge is 2.15. The highest BCUT2D eigenvalue weighted by Crippen LogP contribution is 2.24. The average molecular weight is 379 g/mol. The minimum atomic E-state index is -0.147. The number of nitrogens with zero attached hydrogens (tertiary/aromatic N) is 2. The van der Waals surface area contributed by atoms with Crippen LogP contribution in [0.2, 0.25) is 0 Å². The summed E-state index contributed by atoms with van der Waals surface area (Å²) in [6, 6.07) is 13.5. The predicted molar refractivity (Wildman–Crippen MR) is 102 cm³/mol. The van der Waals surface area contributed by atoms with Crippen LogP contribution in [0.25, 0.3) is 22.2 Å². The fourth-order valence-electron chi connectivity index (χ4n) is 2.60. The van der Waals surface area contributed by atoms with Crippen molar-refractivity contribution >= 4 is 17.2 Å². The summed E-state index contributed by atoms with van der Waals surface area (Å²) < 4.78 is 11.1. The first-order valence-corrected chi connectivity index (χ1v) is 9.34. The van der Waals surface area contributed by atoms with Gasteiger partial charge in [0.15, 0.2) is 0 Å². The first kappa shape index (κ1) is 17.2. The molecule has 0 unspecified atom stereocenters. The Kier molecular flexibility index (Phi) is 4.84. The Balaban J connectivity index is 1.37. The molecule has 3 heterocycles. The van der Waals surface area contributed by atoms with E-state index in [-0.39, 0.29) is 12.3 Å². The molecule has 1 amide bonds. The number of rotatable bonds is 6. The topological polar surface area (TPSA) is 81.2 Å². The van der Waals surface area contributed by atoms with Gasteiger partial charge in [-0.05, 0) is 30.5 Å². The summed E-state index contributed by atoms with van der Waals surface area (Å²) in [7, 11) is 0. The zero-order valence-corrected chi connectivity index (χ0v) is 15.5. The third kappa shape index (κ3) is 3.98. The minimum Gasteiger partial charge on any atom is -0.443 e. The van der Waals surface area contributed by atoms with E-state index in [4.69, 9.17) is 8.83 Å². The number of hydrogen-bond donors (Lipinski definition) is 1. The van der Waals surface area contributed by atoms with E-state index >= 15 is 0 Å². The van der Waals surface area contributed by atoms with Crippen molar-refractivity contribution in [1.82, 2.24) is 15.3 Å². The number of aromatic nitrogens is 2. The third-order valence-electron chi connectivity index (χ3n) is 3.99. The van der Waals surface area contributed by atoms with Crippen LogP contribution in [0, 0.1) is 6.92 Å². The van der Waals surface area contributed by atoms with Gasteiger partial charge in [0.2, 0.25) is 17.7 Å². The van der Waals surface area contributed by atoms with Crippen LogP contribution in [-0.4, -0.2) is 15.9 Å². The van der Waals surface area contributed by atoms with Gasteiger partial charge >= 0.3 is 0 Å². The Hall–Kier alpha value is -3.19. The predicted octanol–water partition coefficient (Wildman–Crippen LogP) is 4.23. The monoisotopic (exact) mass is 379 g/mol. The van der Waals surface area contributed by atoms with E-state index in [1.807, 2.05) is 54.8 Å². The average Bonchev–Trinajstić information content (AvgIpc) is 3.42. The van der Waals surface area contributed by atoms with Gasteiger partial charge in [0.05, 0.1) is 29.2 Å². The fourth-order valence-corrected chi connectivity index (χ4v) is 3.26. The number of carbonyl (C=O) groups is 1. The maximum Gasteiger partial charge on any atom is 0.236 e. The second-order valence-electron chi connectivity index (χ2n) is 5.96. The quantitative estimate of drug-likeness (QED) is 0.542. The van der Waals surface area contributed by atoms with Crippen molar-refractivity contribution in [2.45, 2.75) is 19.9 Å². The van der Waals surface area contributed by atoms with Crippen molar-refractivity contribution in [2.24, 2.45) is 0 Å². The number of amides is 1. The van der Waals surface area contributed by atoms with Gasteiger partial charge in [-0.1, -0.05) is 24.3 Å². The molecule has 3 aromatic heterocycles. The van der Waals surface area contributed by atoms with Gasteiger partial charge in [-0.2, -0.15) is 0 Å². The normalized spacial score (nSPS) is 10.9. The largest absolute Gasteiger partial charge is 0.443 e. The summed E-state index contributed by atoms with van der Waals surface area (Å²) in [6.07, 6.45) is 1.71. The standard InChI is InChI=1S/C20H17N3O3S/c1-13-16(23-19(26-13)14-6-3-2-4-7-14)10-18(24)21-11-15-12-25-20(22-15)17-8-5-9-27-17/h2-9,12H,10-11H2,1H3,(H,21,24). The Morgan fingerprint density at radius 3 is 2.74 bits per heavy atom. The molecule has 136 valence electrons. The molecule has 7 heteroatoms. The van der Waals surface area contributed by atoms with Crippen LogP contribution in [0.15, 0.2) is 62.9 Å². The number of carbonyl (C=O) groups excluding carboxylic acids is 1. The van der Waals surface area contributed by atoms with Crippen LogP contribution in [0.4, 0.5) is 0 Å². The summed E-state index contributed by atoms with van der Waals surface area (Å²) in [6.45, 7) is 2.11. The molecule has 0 aliphatic rings. The summed E-state index contributed by atoms with van der Waals surface area (Å²) in [4.78, 5) is 22.1. The van der Waals surface area contributed by atoms with Gasteiger partial charge in [0.1, 0.15) is 12.0 Å². The van der Waals surface area contributed by atoms with Gasteiger partial charge in [-0.3, -0.25) is 4.79 Å². The van der Waals surface area contributed by atoms with E-state index < -0.39 is 0 Å². The second kappa shape index (κ2) is 7.59. The van der Waals surface area contributed by atoms with Crippen LogP contribution in [-0.2, 0) is 17.8 Å². The zero-order chi connectivity index (χ0) is 18.6. The second-order valence-corrected chi connectivity index (χ2v) is 6.91. The number of oxazole rings is 2. The summed E-state index contributed by atoms with van der Waals surface area (Å²) >= 11 is 1.56. The Labute approximate surface area is 159 Å². The molecule has 4 aromatic rings. The molecular formula is C20H17N3O3S. The van der Waals surface area contributed by atoms with E-state index in [0.29, 0.717) is 35.5 Å². The highest BCUT2D eigenvalue weighted by molar-refractivity contribution is 7.13. The molecule has 6 nitrogen and oxygen atoms in total. The highest BCUT2D eigenvalue weighted by atomic mass is 32.1. The third-order valence-corrected chi connectivity index (χ3v) is 4.85. The van der Waals surface area contributed by atoms with Crippen LogP contribution in [0.1, 0.15) is 17.1 Å². The van der Waals surface area contributed by atoms with Gasteiger partial charge in [0, 0.05) is 5.56 Å². The van der Waals surface area contributed by atoms with Crippen LogP contribution < -0.4 is 5.32 Å². The molecule has 0 saturated heterocycles. The van der Waals surface area contributed by atoms with E-state index in [1.54, 1.807) is 17.6 Å². The maximum atomic E-state index is 12.3. The van der Waals surface area contributed by atoms with Crippen molar-refractivity contribution in [3.05, 3.63) is 71.3 Å². The molecule has 0 saturated carbocycles. The summed E-state index contributed by atoms with van der Waals surface area (Å²) in [5.74, 6) is 1.58. The Morgan fingerprint density at radius 1 is 1.11 bits per heavy atom. The number of hydrogen-bond acceptors (Lipinski definition) is 6. The minimum absolute atomic E-state index is 0.147. The van der Waals surface area contributed by atoms with Crippen molar-refractivity contribution in [3.8, 4) is 22.2 Å². The lowest BCUT2D eigenvalue weighted by molar-refractivity contribution is -0.120. The molecule has 0 atom stereocenters. The van der Waals surface area contributed by atoms with Crippen LogP contribution in [0.5, 0.6) is 0 Å². The molecule has 1 aromatic carbocycles. The molecule has 0 spiro atoms. The maximum absolute atomic E-state index is 12.3. The number of thiophene rings is 1. The molecule has 1 N–H and O–H groups in total. The molecule has 27 heavy (non-hydrogen) atoms. The van der Waals surface area contributed by atoms with Crippen LogP contribution in [0.3, 0.4) is 0 Å². The van der Waals surface area contributed by atoms with Crippen molar-refractivity contribution in [2.75, 3.05) is 0 Å². The lowest BCUT2D eigenvalue weighted by Gasteiger charge is -2.01. The molecule has 0 aliphatic heterocycles. The number of aryl methyl sites for hydroxylation is 1. The van der Waals surface area contributed by atoms with Gasteiger partial charge in [-0.25, -0.2) is 9.97 Å². The Morgan fingerprint density at radius 2 is 1.96 bits per heavy atom.